The number of rotatable bonds is 10. The molecule has 0 unspecified atom stereocenters. The van der Waals surface area contributed by atoms with E-state index in [-0.39, 0.29) is 17.9 Å². The van der Waals surface area contributed by atoms with Crippen LogP contribution in [0.5, 0.6) is 0 Å². The van der Waals surface area contributed by atoms with E-state index in [0.29, 0.717) is 0 Å². The van der Waals surface area contributed by atoms with Crippen LogP contribution in [-0.2, 0) is 26.0 Å². The van der Waals surface area contributed by atoms with Crippen molar-refractivity contribution in [2.75, 3.05) is 0 Å². The molecule has 1 aliphatic rings. The topological polar surface area (TPSA) is 99.0 Å². The molecule has 9 heteroatoms. The molecule has 0 spiro atoms. The Kier molecular flexibility index (Phi) is 7.48. The summed E-state index contributed by atoms with van der Waals surface area (Å²) in [6.07, 6.45) is 2.14. The lowest BCUT2D eigenvalue weighted by Gasteiger charge is -2.35. The number of nitro groups is 1. The van der Waals surface area contributed by atoms with Gasteiger partial charge in [0, 0.05) is 12.6 Å². The van der Waals surface area contributed by atoms with E-state index in [0.717, 1.165) is 5.56 Å². The van der Waals surface area contributed by atoms with Crippen LogP contribution < -0.4 is 0 Å². The summed E-state index contributed by atoms with van der Waals surface area (Å²) in [5.41, 5.74) is 0.235. The first-order valence-electron chi connectivity index (χ1n) is 10.5. The molecule has 0 N–H and O–H groups in total. The summed E-state index contributed by atoms with van der Waals surface area (Å²) in [4.78, 5) is 10.6. The predicted octanol–water partition coefficient (Wildman–Crippen LogP) is 4.44. The van der Waals surface area contributed by atoms with Crippen molar-refractivity contribution in [3.8, 4) is 0 Å². The van der Waals surface area contributed by atoms with Crippen LogP contribution in [0.3, 0.4) is 0 Å². The Hall–Kier alpha value is -2.85. The molecule has 0 aliphatic carbocycles. The van der Waals surface area contributed by atoms with Crippen molar-refractivity contribution in [1.29, 1.82) is 0 Å². The lowest BCUT2D eigenvalue weighted by Crippen LogP contribution is -2.49. The molecule has 1 heterocycles. The number of nitrogens with zero attached hydrogens (tertiary/aromatic N) is 2. The van der Waals surface area contributed by atoms with Gasteiger partial charge in [0.05, 0.1) is 11.0 Å². The zero-order chi connectivity index (χ0) is 24.2. The van der Waals surface area contributed by atoms with Crippen molar-refractivity contribution in [3.05, 3.63) is 95.6 Å². The summed E-state index contributed by atoms with van der Waals surface area (Å²) < 4.78 is 41.2. The predicted molar refractivity (Wildman–Crippen MR) is 125 cm³/mol. The van der Waals surface area contributed by atoms with E-state index in [1.165, 1.54) is 28.6 Å². The normalized spacial score (nSPS) is 20.9. The maximum absolute atomic E-state index is 14.0. The second kappa shape index (κ2) is 9.96. The SMILES string of the molecule is C=CC[C@@H]([C@@H]1OC(C)(C)O[C@@H]1C=C)N(Cc1ccccc1)S(=O)(=O)c1ccccc1[N+](=O)[O-]. The highest BCUT2D eigenvalue weighted by Crippen LogP contribution is 2.37. The fourth-order valence-electron chi connectivity index (χ4n) is 3.98. The van der Waals surface area contributed by atoms with Gasteiger partial charge in [0.25, 0.3) is 15.7 Å². The fourth-order valence-corrected chi connectivity index (χ4v) is 5.77. The molecule has 3 rings (SSSR count). The third-order valence-electron chi connectivity index (χ3n) is 5.38. The smallest absolute Gasteiger partial charge is 0.289 e. The van der Waals surface area contributed by atoms with E-state index < -0.39 is 44.7 Å². The van der Waals surface area contributed by atoms with Gasteiger partial charge in [0.15, 0.2) is 10.7 Å². The largest absolute Gasteiger partial charge is 0.343 e. The van der Waals surface area contributed by atoms with Crippen molar-refractivity contribution >= 4 is 15.7 Å². The summed E-state index contributed by atoms with van der Waals surface area (Å²) in [7, 11) is -4.33. The second-order valence-corrected chi connectivity index (χ2v) is 10.0. The molecule has 1 fully saturated rings. The Morgan fingerprint density at radius 2 is 1.76 bits per heavy atom. The monoisotopic (exact) mass is 472 g/mol. The maximum Gasteiger partial charge on any atom is 0.289 e. The van der Waals surface area contributed by atoms with Gasteiger partial charge in [-0.25, -0.2) is 8.42 Å². The molecular formula is C24H28N2O6S. The number of hydrogen-bond acceptors (Lipinski definition) is 6. The Morgan fingerprint density at radius 1 is 1.12 bits per heavy atom. The van der Waals surface area contributed by atoms with E-state index >= 15 is 0 Å². The summed E-state index contributed by atoms with van der Waals surface area (Å²) in [5, 5.41) is 11.6. The molecule has 33 heavy (non-hydrogen) atoms. The van der Waals surface area contributed by atoms with Gasteiger partial charge in [-0.1, -0.05) is 54.6 Å². The Morgan fingerprint density at radius 3 is 2.36 bits per heavy atom. The number of ether oxygens (including phenoxy) is 2. The van der Waals surface area contributed by atoms with Gasteiger partial charge in [-0.05, 0) is 31.9 Å². The van der Waals surface area contributed by atoms with Crippen LogP contribution in [0.4, 0.5) is 5.69 Å². The van der Waals surface area contributed by atoms with Crippen LogP contribution in [0.1, 0.15) is 25.8 Å². The van der Waals surface area contributed by atoms with Crippen LogP contribution in [0.25, 0.3) is 0 Å². The molecular weight excluding hydrogens is 444 g/mol. The number of hydrogen-bond donors (Lipinski definition) is 0. The van der Waals surface area contributed by atoms with E-state index in [1.807, 2.05) is 6.07 Å². The molecule has 3 atom stereocenters. The van der Waals surface area contributed by atoms with Crippen LogP contribution in [0, 0.1) is 10.1 Å². The lowest BCUT2D eigenvalue weighted by molar-refractivity contribution is -0.387. The molecule has 0 bridgehead atoms. The number of para-hydroxylation sites is 1. The molecule has 2 aromatic carbocycles. The molecule has 1 aliphatic heterocycles. The first-order valence-corrected chi connectivity index (χ1v) is 11.9. The Labute approximate surface area is 194 Å². The molecule has 1 saturated heterocycles. The quantitative estimate of drug-likeness (QED) is 0.288. The van der Waals surface area contributed by atoms with Gasteiger partial charge in [0.2, 0.25) is 0 Å². The van der Waals surface area contributed by atoms with Crippen molar-refractivity contribution in [1.82, 2.24) is 4.31 Å². The highest BCUT2D eigenvalue weighted by Gasteiger charge is 2.48. The van der Waals surface area contributed by atoms with Crippen LogP contribution in [-0.4, -0.2) is 41.7 Å². The highest BCUT2D eigenvalue weighted by atomic mass is 32.2. The number of sulfonamides is 1. The zero-order valence-corrected chi connectivity index (χ0v) is 19.5. The summed E-state index contributed by atoms with van der Waals surface area (Å²) >= 11 is 0. The molecule has 176 valence electrons. The van der Waals surface area contributed by atoms with Crippen molar-refractivity contribution in [2.45, 2.75) is 55.7 Å². The molecule has 8 nitrogen and oxygen atoms in total. The minimum absolute atomic E-state index is 0.0160. The maximum atomic E-state index is 14.0. The van der Waals surface area contributed by atoms with E-state index in [9.17, 15) is 18.5 Å². The molecule has 0 amide bonds. The first-order chi connectivity index (χ1) is 15.6. The third-order valence-corrected chi connectivity index (χ3v) is 7.30. The summed E-state index contributed by atoms with van der Waals surface area (Å²) in [6, 6.07) is 13.6. The molecule has 2 aromatic rings. The van der Waals surface area contributed by atoms with Crippen molar-refractivity contribution in [3.63, 3.8) is 0 Å². The van der Waals surface area contributed by atoms with Gasteiger partial charge in [-0.3, -0.25) is 10.1 Å². The van der Waals surface area contributed by atoms with Crippen LogP contribution in [0.2, 0.25) is 0 Å². The third kappa shape index (κ3) is 5.39. The number of benzene rings is 2. The lowest BCUT2D eigenvalue weighted by atomic mass is 10.0. The first kappa shape index (κ1) is 24.8. The number of nitro benzene ring substituents is 1. The minimum atomic E-state index is -4.33. The zero-order valence-electron chi connectivity index (χ0n) is 18.7. The molecule has 0 saturated carbocycles. The average Bonchev–Trinajstić information content (AvgIpc) is 3.11. The van der Waals surface area contributed by atoms with E-state index in [4.69, 9.17) is 9.47 Å². The summed E-state index contributed by atoms with van der Waals surface area (Å²) in [5.74, 6) is -0.954. The van der Waals surface area contributed by atoms with E-state index in [1.54, 1.807) is 50.3 Å². The Balaban J connectivity index is 2.17. The summed E-state index contributed by atoms with van der Waals surface area (Å²) in [6.45, 7) is 11.1. The van der Waals surface area contributed by atoms with Gasteiger partial charge in [-0.15, -0.1) is 13.2 Å². The minimum Gasteiger partial charge on any atom is -0.343 e. The highest BCUT2D eigenvalue weighted by molar-refractivity contribution is 7.89. The van der Waals surface area contributed by atoms with Gasteiger partial charge < -0.3 is 9.47 Å². The van der Waals surface area contributed by atoms with Gasteiger partial charge in [0.1, 0.15) is 12.2 Å². The molecule has 0 aromatic heterocycles. The van der Waals surface area contributed by atoms with Crippen LogP contribution >= 0.6 is 0 Å². The fraction of sp³-hybridized carbons (Fsp3) is 0.333. The average molecular weight is 473 g/mol. The Bertz CT molecular complexity index is 1120. The molecule has 0 radical (unpaired) electrons. The van der Waals surface area contributed by atoms with Gasteiger partial charge >= 0.3 is 0 Å². The standard InChI is InChI=1S/C24H28N2O6S/c1-5-12-20(23-21(6-2)31-24(3,4)32-23)25(17-18-13-8-7-9-14-18)33(29,30)22-16-11-10-15-19(22)26(27)28/h5-11,13-16,20-21,23H,1-2,12,17H2,3-4H3/t20-,21+,23-/m0/s1. The second-order valence-electron chi connectivity index (χ2n) is 8.15. The van der Waals surface area contributed by atoms with E-state index in [2.05, 4.69) is 13.2 Å². The van der Waals surface area contributed by atoms with Crippen molar-refractivity contribution in [2.24, 2.45) is 0 Å². The van der Waals surface area contributed by atoms with Crippen LogP contribution in [0.15, 0.2) is 84.8 Å². The van der Waals surface area contributed by atoms with Gasteiger partial charge in [-0.2, -0.15) is 4.31 Å². The van der Waals surface area contributed by atoms with Crippen molar-refractivity contribution < 1.29 is 22.8 Å².